The molecule has 0 heterocycles. The minimum atomic E-state index is -0.593. The van der Waals surface area contributed by atoms with Crippen LogP contribution >= 0.6 is 0 Å². The van der Waals surface area contributed by atoms with Gasteiger partial charge in [0.2, 0.25) is 5.91 Å². The molecule has 5 heteroatoms. The van der Waals surface area contributed by atoms with Crippen molar-refractivity contribution in [2.45, 2.75) is 40.2 Å². The maximum Gasteiger partial charge on any atom is 0.265 e. The third-order valence-electron chi connectivity index (χ3n) is 3.94. The molecule has 0 aliphatic rings. The van der Waals surface area contributed by atoms with Gasteiger partial charge in [-0.15, -0.1) is 0 Å². The van der Waals surface area contributed by atoms with Gasteiger partial charge in [0.15, 0.2) is 6.10 Å². The zero-order valence-electron chi connectivity index (χ0n) is 15.1. The van der Waals surface area contributed by atoms with Crippen molar-refractivity contribution >= 4 is 23.2 Å². The minimum Gasteiger partial charge on any atom is -0.480 e. The Morgan fingerprint density at radius 3 is 2.32 bits per heavy atom. The lowest BCUT2D eigenvalue weighted by Gasteiger charge is -2.19. The minimum absolute atomic E-state index is 0.159. The van der Waals surface area contributed by atoms with E-state index in [1.807, 2.05) is 39.0 Å². The molecule has 2 aromatic carbocycles. The molecule has 0 saturated heterocycles. The van der Waals surface area contributed by atoms with Crippen LogP contribution in [0.15, 0.2) is 42.5 Å². The number of ether oxygens (including phenoxy) is 1. The summed E-state index contributed by atoms with van der Waals surface area (Å²) in [5.41, 5.74) is 3.39. The number of aryl methyl sites for hydroxylation is 1. The summed E-state index contributed by atoms with van der Waals surface area (Å²) < 4.78 is 5.92. The fourth-order valence-electron chi connectivity index (χ4n) is 2.43. The third-order valence-corrected chi connectivity index (χ3v) is 3.94. The molecule has 0 fully saturated rings. The number of nitrogens with one attached hydrogen (secondary N) is 2. The van der Waals surface area contributed by atoms with Gasteiger partial charge in [-0.25, -0.2) is 0 Å². The molecule has 0 bridgehead atoms. The van der Waals surface area contributed by atoms with Crippen LogP contribution in [-0.4, -0.2) is 17.9 Å². The summed E-state index contributed by atoms with van der Waals surface area (Å²) in [5, 5.41) is 5.54. The van der Waals surface area contributed by atoms with E-state index in [9.17, 15) is 9.59 Å². The Bertz CT molecular complexity index is 771. The molecule has 2 rings (SSSR count). The van der Waals surface area contributed by atoms with Crippen LogP contribution in [0.4, 0.5) is 11.4 Å². The number of rotatable bonds is 6. The van der Waals surface area contributed by atoms with Crippen LogP contribution in [0, 0.1) is 13.8 Å². The Morgan fingerprint density at radius 2 is 1.68 bits per heavy atom. The number of carbonyl (C=O) groups excluding carboxylic acids is 2. The molecule has 0 radical (unpaired) electrons. The van der Waals surface area contributed by atoms with Gasteiger partial charge in [-0.05, 0) is 55.7 Å². The number of hydrogen-bond donors (Lipinski definition) is 2. The largest absolute Gasteiger partial charge is 0.480 e. The lowest BCUT2D eigenvalue weighted by atomic mass is 10.1. The van der Waals surface area contributed by atoms with E-state index in [-0.39, 0.29) is 11.8 Å². The maximum absolute atomic E-state index is 12.6. The first kappa shape index (κ1) is 18.5. The first-order valence-corrected chi connectivity index (χ1v) is 8.32. The summed E-state index contributed by atoms with van der Waals surface area (Å²) in [6, 6.07) is 12.8. The molecular weight excluding hydrogens is 316 g/mol. The summed E-state index contributed by atoms with van der Waals surface area (Å²) in [5.74, 6) is 0.338. The van der Waals surface area contributed by atoms with E-state index in [0.717, 1.165) is 11.1 Å². The van der Waals surface area contributed by atoms with E-state index in [4.69, 9.17) is 4.74 Å². The van der Waals surface area contributed by atoms with E-state index < -0.39 is 6.10 Å². The Balaban J connectivity index is 2.09. The summed E-state index contributed by atoms with van der Waals surface area (Å²) in [6.07, 6.45) is -0.0464. The van der Waals surface area contributed by atoms with Crippen LogP contribution in [0.5, 0.6) is 5.75 Å². The van der Waals surface area contributed by atoms with Crippen molar-refractivity contribution < 1.29 is 14.3 Å². The van der Waals surface area contributed by atoms with Gasteiger partial charge in [-0.2, -0.15) is 0 Å². The van der Waals surface area contributed by atoms with Gasteiger partial charge in [0.25, 0.3) is 5.91 Å². The summed E-state index contributed by atoms with van der Waals surface area (Å²) in [4.78, 5) is 23.7. The SMILES string of the molecule is CC[C@@H](Oc1cccc(C)c1C)C(=O)Nc1cccc(NC(C)=O)c1. The molecule has 5 nitrogen and oxygen atoms in total. The zero-order valence-corrected chi connectivity index (χ0v) is 15.1. The molecule has 0 unspecified atom stereocenters. The predicted octanol–water partition coefficient (Wildman–Crippen LogP) is 4.06. The number of anilines is 2. The fourth-order valence-corrected chi connectivity index (χ4v) is 2.43. The van der Waals surface area contributed by atoms with Gasteiger partial charge in [0.1, 0.15) is 5.75 Å². The van der Waals surface area contributed by atoms with Crippen molar-refractivity contribution in [2.75, 3.05) is 10.6 Å². The highest BCUT2D eigenvalue weighted by atomic mass is 16.5. The van der Waals surface area contributed by atoms with E-state index >= 15 is 0 Å². The second-order valence-corrected chi connectivity index (χ2v) is 5.96. The third kappa shape index (κ3) is 5.08. The van der Waals surface area contributed by atoms with Gasteiger partial charge in [-0.3, -0.25) is 9.59 Å². The summed E-state index contributed by atoms with van der Waals surface area (Å²) >= 11 is 0. The highest BCUT2D eigenvalue weighted by Gasteiger charge is 2.19. The van der Waals surface area contributed by atoms with Gasteiger partial charge >= 0.3 is 0 Å². The number of amides is 2. The van der Waals surface area contributed by atoms with Crippen molar-refractivity contribution in [2.24, 2.45) is 0 Å². The molecule has 0 aliphatic carbocycles. The summed E-state index contributed by atoms with van der Waals surface area (Å²) in [6.45, 7) is 7.34. The van der Waals surface area contributed by atoms with Gasteiger partial charge in [0, 0.05) is 18.3 Å². The Morgan fingerprint density at radius 1 is 1.04 bits per heavy atom. The molecule has 0 saturated carbocycles. The zero-order chi connectivity index (χ0) is 18.4. The number of benzene rings is 2. The maximum atomic E-state index is 12.6. The van der Waals surface area contributed by atoms with Crippen molar-refractivity contribution in [1.29, 1.82) is 0 Å². The average Bonchev–Trinajstić information content (AvgIpc) is 2.55. The van der Waals surface area contributed by atoms with Gasteiger partial charge in [-0.1, -0.05) is 25.1 Å². The molecule has 0 spiro atoms. The van der Waals surface area contributed by atoms with Crippen molar-refractivity contribution in [1.82, 2.24) is 0 Å². The predicted molar refractivity (Wildman–Crippen MR) is 100.0 cm³/mol. The smallest absolute Gasteiger partial charge is 0.265 e. The van der Waals surface area contributed by atoms with Gasteiger partial charge in [0.05, 0.1) is 0 Å². The second-order valence-electron chi connectivity index (χ2n) is 5.96. The Hall–Kier alpha value is -2.82. The van der Waals surface area contributed by atoms with Crippen LogP contribution in [0.1, 0.15) is 31.4 Å². The molecule has 1 atom stereocenters. The summed E-state index contributed by atoms with van der Waals surface area (Å²) in [7, 11) is 0. The van der Waals surface area contributed by atoms with Crippen LogP contribution in [0.25, 0.3) is 0 Å². The van der Waals surface area contributed by atoms with Crippen molar-refractivity contribution in [3.05, 3.63) is 53.6 Å². The van der Waals surface area contributed by atoms with Crippen molar-refractivity contribution in [3.63, 3.8) is 0 Å². The van der Waals surface area contributed by atoms with Crippen LogP contribution in [-0.2, 0) is 9.59 Å². The highest BCUT2D eigenvalue weighted by molar-refractivity contribution is 5.95. The second kappa shape index (κ2) is 8.33. The van der Waals surface area contributed by atoms with Crippen molar-refractivity contribution in [3.8, 4) is 5.75 Å². The molecule has 132 valence electrons. The molecular formula is C20H24N2O3. The Labute approximate surface area is 148 Å². The lowest BCUT2D eigenvalue weighted by molar-refractivity contribution is -0.122. The quantitative estimate of drug-likeness (QED) is 0.833. The molecule has 0 aliphatic heterocycles. The van der Waals surface area contributed by atoms with E-state index in [0.29, 0.717) is 23.5 Å². The van der Waals surface area contributed by atoms with Crippen LogP contribution in [0.2, 0.25) is 0 Å². The first-order valence-electron chi connectivity index (χ1n) is 8.32. The highest BCUT2D eigenvalue weighted by Crippen LogP contribution is 2.23. The standard InChI is InChI=1S/C20H24N2O3/c1-5-18(25-19-11-6-8-13(2)14(19)3)20(24)22-17-10-7-9-16(12-17)21-15(4)23/h6-12,18H,5H2,1-4H3,(H,21,23)(H,22,24)/t18-/m1/s1. The van der Waals surface area contributed by atoms with Crippen LogP contribution < -0.4 is 15.4 Å². The topological polar surface area (TPSA) is 67.4 Å². The van der Waals surface area contributed by atoms with E-state index in [1.54, 1.807) is 24.3 Å². The molecule has 25 heavy (non-hydrogen) atoms. The average molecular weight is 340 g/mol. The fraction of sp³-hybridized carbons (Fsp3) is 0.300. The van der Waals surface area contributed by atoms with Gasteiger partial charge < -0.3 is 15.4 Å². The molecule has 2 N–H and O–H groups in total. The van der Waals surface area contributed by atoms with Crippen LogP contribution in [0.3, 0.4) is 0 Å². The molecule has 2 amide bonds. The number of hydrogen-bond acceptors (Lipinski definition) is 3. The molecule has 2 aromatic rings. The lowest BCUT2D eigenvalue weighted by Crippen LogP contribution is -2.32. The first-order chi connectivity index (χ1) is 11.9. The Kier molecular flexibility index (Phi) is 6.17. The van der Waals surface area contributed by atoms with E-state index in [1.165, 1.54) is 6.92 Å². The van der Waals surface area contributed by atoms with E-state index in [2.05, 4.69) is 10.6 Å². The molecule has 0 aromatic heterocycles. The normalized spacial score (nSPS) is 11.5. The number of carbonyl (C=O) groups is 2. The monoisotopic (exact) mass is 340 g/mol.